The fraction of sp³-hybridized carbons (Fsp3) is 0.400. The summed E-state index contributed by atoms with van der Waals surface area (Å²) in [6, 6.07) is 0. The largest absolute Gasteiger partial charge is 0.389 e. The van der Waals surface area contributed by atoms with Crippen LogP contribution in [0.25, 0.3) is 0 Å². The first-order chi connectivity index (χ1) is 3.27. The van der Waals surface area contributed by atoms with E-state index in [1.807, 2.05) is 0 Å². The zero-order valence-corrected chi connectivity index (χ0v) is 4.16. The van der Waals surface area contributed by atoms with Crippen molar-refractivity contribution in [3.63, 3.8) is 0 Å². The first-order valence-corrected chi connectivity index (χ1v) is 2.07. The molecule has 0 radical (unpaired) electrons. The van der Waals surface area contributed by atoms with Crippen LogP contribution in [-0.2, 0) is 4.79 Å². The molecule has 0 aliphatic heterocycles. The smallest absolute Gasteiger partial charge is 0.142 e. The van der Waals surface area contributed by atoms with Crippen LogP contribution in [0.1, 0.15) is 6.92 Å². The van der Waals surface area contributed by atoms with Gasteiger partial charge in [-0.25, -0.2) is 0 Å². The van der Waals surface area contributed by atoms with Crippen molar-refractivity contribution < 1.29 is 9.90 Å². The van der Waals surface area contributed by atoms with Crippen LogP contribution in [-0.4, -0.2) is 17.5 Å². The number of carbonyl (C=O) groups is 1. The summed E-state index contributed by atoms with van der Waals surface area (Å²) in [5.41, 5.74) is 0. The summed E-state index contributed by atoms with van der Waals surface area (Å²) in [7, 11) is 0. The molecule has 0 aromatic carbocycles. The number of hydrogen-bond donors (Lipinski definition) is 1. The third-order valence-corrected chi connectivity index (χ3v) is 0.468. The van der Waals surface area contributed by atoms with E-state index in [4.69, 9.17) is 5.11 Å². The van der Waals surface area contributed by atoms with E-state index in [1.54, 1.807) is 6.92 Å². The Kier molecular flexibility index (Phi) is 3.24. The van der Waals surface area contributed by atoms with Gasteiger partial charge in [0.15, 0.2) is 0 Å². The van der Waals surface area contributed by atoms with Crippen molar-refractivity contribution in [1.29, 1.82) is 0 Å². The Hall–Kier alpha value is -0.630. The molecule has 0 heterocycles. The predicted octanol–water partition coefficient (Wildman–Crippen LogP) is 0.122. The Labute approximate surface area is 42.5 Å². The minimum Gasteiger partial charge on any atom is -0.389 e. The second-order valence-corrected chi connectivity index (χ2v) is 1.26. The highest BCUT2D eigenvalue weighted by atomic mass is 16.3. The Balaban J connectivity index is 3.25. The quantitative estimate of drug-likeness (QED) is 0.395. The third kappa shape index (κ3) is 5.37. The van der Waals surface area contributed by atoms with Gasteiger partial charge < -0.3 is 5.11 Å². The van der Waals surface area contributed by atoms with E-state index in [0.29, 0.717) is 6.29 Å². The standard InChI is InChI=1S/C5H8O2/c1-5(7)3-2-4-6/h2-5,7H,1H3/b3-2+. The number of aliphatic hydroxyl groups excluding tert-OH is 1. The van der Waals surface area contributed by atoms with Crippen molar-refractivity contribution in [2.45, 2.75) is 13.0 Å². The van der Waals surface area contributed by atoms with E-state index in [2.05, 4.69) is 0 Å². The highest BCUT2D eigenvalue weighted by Crippen LogP contribution is 1.77. The molecule has 1 N–H and O–H groups in total. The van der Waals surface area contributed by atoms with E-state index in [0.717, 1.165) is 0 Å². The van der Waals surface area contributed by atoms with Crippen LogP contribution in [0.3, 0.4) is 0 Å². The summed E-state index contributed by atoms with van der Waals surface area (Å²) < 4.78 is 0. The van der Waals surface area contributed by atoms with Crippen LogP contribution in [0.2, 0.25) is 0 Å². The van der Waals surface area contributed by atoms with Crippen LogP contribution in [0.15, 0.2) is 12.2 Å². The highest BCUT2D eigenvalue weighted by Gasteiger charge is 1.80. The summed E-state index contributed by atoms with van der Waals surface area (Å²) in [5.74, 6) is 0. The Morgan fingerprint density at radius 3 is 2.43 bits per heavy atom. The number of allylic oxidation sites excluding steroid dienone is 1. The summed E-state index contributed by atoms with van der Waals surface area (Å²) >= 11 is 0. The van der Waals surface area contributed by atoms with Gasteiger partial charge in [0, 0.05) is 0 Å². The van der Waals surface area contributed by atoms with Crippen molar-refractivity contribution in [1.82, 2.24) is 0 Å². The van der Waals surface area contributed by atoms with Crippen molar-refractivity contribution in [3.05, 3.63) is 12.2 Å². The molecule has 0 spiro atoms. The lowest BCUT2D eigenvalue weighted by molar-refractivity contribution is -0.104. The molecule has 0 saturated heterocycles. The first kappa shape index (κ1) is 6.37. The fourth-order valence-corrected chi connectivity index (χ4v) is 0.206. The maximum atomic E-state index is 9.51. The second-order valence-electron chi connectivity index (χ2n) is 1.26. The van der Waals surface area contributed by atoms with Crippen LogP contribution in [0, 0.1) is 0 Å². The molecule has 0 saturated carbocycles. The molecule has 0 rings (SSSR count). The molecule has 0 aliphatic rings. The molecule has 1 unspecified atom stereocenters. The van der Waals surface area contributed by atoms with Gasteiger partial charge in [-0.2, -0.15) is 0 Å². The molecule has 0 aliphatic carbocycles. The third-order valence-electron chi connectivity index (χ3n) is 0.468. The molecule has 0 bridgehead atoms. The molecule has 0 amide bonds. The summed E-state index contributed by atoms with van der Waals surface area (Å²) in [6.07, 6.45) is 2.80. The van der Waals surface area contributed by atoms with Gasteiger partial charge in [-0.3, -0.25) is 4.79 Å². The SMILES string of the molecule is CC(O)/C=C/C=O. The summed E-state index contributed by atoms with van der Waals surface area (Å²) in [6.45, 7) is 1.58. The Morgan fingerprint density at radius 2 is 2.29 bits per heavy atom. The summed E-state index contributed by atoms with van der Waals surface area (Å²) in [4.78, 5) is 9.51. The van der Waals surface area contributed by atoms with E-state index in [9.17, 15) is 4.79 Å². The lowest BCUT2D eigenvalue weighted by atomic mass is 10.4. The number of hydrogen-bond acceptors (Lipinski definition) is 2. The van der Waals surface area contributed by atoms with Gasteiger partial charge >= 0.3 is 0 Å². The molecule has 0 fully saturated rings. The lowest BCUT2D eigenvalue weighted by Crippen LogP contribution is -1.91. The Bertz CT molecular complexity index is 74.1. The van der Waals surface area contributed by atoms with E-state index in [-0.39, 0.29) is 0 Å². The highest BCUT2D eigenvalue weighted by molar-refractivity contribution is 5.64. The maximum Gasteiger partial charge on any atom is 0.142 e. The van der Waals surface area contributed by atoms with Gasteiger partial charge in [0.25, 0.3) is 0 Å². The van der Waals surface area contributed by atoms with Gasteiger partial charge in [0.05, 0.1) is 6.10 Å². The molecule has 2 nitrogen and oxygen atoms in total. The van der Waals surface area contributed by atoms with Crippen molar-refractivity contribution in [2.24, 2.45) is 0 Å². The minimum atomic E-state index is -0.509. The van der Waals surface area contributed by atoms with E-state index >= 15 is 0 Å². The molecule has 0 aromatic heterocycles. The van der Waals surface area contributed by atoms with Gasteiger partial charge in [0.1, 0.15) is 6.29 Å². The van der Waals surface area contributed by atoms with Crippen LogP contribution in [0.5, 0.6) is 0 Å². The fourth-order valence-electron chi connectivity index (χ4n) is 0.206. The van der Waals surface area contributed by atoms with Crippen LogP contribution in [0.4, 0.5) is 0 Å². The van der Waals surface area contributed by atoms with Crippen LogP contribution >= 0.6 is 0 Å². The molecular weight excluding hydrogens is 92.1 g/mol. The molecule has 7 heavy (non-hydrogen) atoms. The van der Waals surface area contributed by atoms with Crippen molar-refractivity contribution >= 4 is 6.29 Å². The van der Waals surface area contributed by atoms with Gasteiger partial charge in [0.2, 0.25) is 0 Å². The lowest BCUT2D eigenvalue weighted by Gasteiger charge is -1.86. The minimum absolute atomic E-state index is 0.509. The normalized spacial score (nSPS) is 14.6. The van der Waals surface area contributed by atoms with Gasteiger partial charge in [-0.05, 0) is 13.0 Å². The monoisotopic (exact) mass is 100 g/mol. The Morgan fingerprint density at radius 1 is 1.71 bits per heavy atom. The van der Waals surface area contributed by atoms with Crippen molar-refractivity contribution in [2.75, 3.05) is 0 Å². The zero-order chi connectivity index (χ0) is 5.70. The molecular formula is C5H8O2. The number of rotatable bonds is 2. The molecule has 40 valence electrons. The van der Waals surface area contributed by atoms with Crippen molar-refractivity contribution in [3.8, 4) is 0 Å². The average molecular weight is 100 g/mol. The first-order valence-electron chi connectivity index (χ1n) is 2.07. The number of aliphatic hydroxyl groups is 1. The van der Waals surface area contributed by atoms with Crippen LogP contribution < -0.4 is 0 Å². The number of carbonyl (C=O) groups excluding carboxylic acids is 1. The predicted molar refractivity (Wildman–Crippen MR) is 26.9 cm³/mol. The average Bonchev–Trinajstić information content (AvgIpc) is 1.61. The topological polar surface area (TPSA) is 37.3 Å². The van der Waals surface area contributed by atoms with Gasteiger partial charge in [-0.1, -0.05) is 6.08 Å². The summed E-state index contributed by atoms with van der Waals surface area (Å²) in [5, 5.41) is 8.44. The molecule has 1 atom stereocenters. The molecule has 0 aromatic rings. The number of aldehydes is 1. The van der Waals surface area contributed by atoms with E-state index in [1.165, 1.54) is 12.2 Å². The second kappa shape index (κ2) is 3.56. The zero-order valence-electron chi connectivity index (χ0n) is 4.16. The van der Waals surface area contributed by atoms with E-state index < -0.39 is 6.10 Å². The molecule has 2 heteroatoms. The van der Waals surface area contributed by atoms with Gasteiger partial charge in [-0.15, -0.1) is 0 Å². The maximum absolute atomic E-state index is 9.51.